The topological polar surface area (TPSA) is 69.6 Å². The highest BCUT2D eigenvalue weighted by atomic mass is 35.5. The van der Waals surface area contributed by atoms with E-state index in [2.05, 4.69) is 5.32 Å². The molecule has 0 aliphatic carbocycles. The van der Waals surface area contributed by atoms with Gasteiger partial charge in [0.1, 0.15) is 5.75 Å². The van der Waals surface area contributed by atoms with Gasteiger partial charge in [-0.05, 0) is 36.5 Å². The first-order valence-electron chi connectivity index (χ1n) is 6.23. The standard InChI is InChI=1S/C14H20ClNO3/c1-14(2,6-3-7-17)9-16-13(19)11-8-10(15)4-5-12(11)18/h4-5,8,17-18H,3,6-7,9H2,1-2H3,(H,16,19). The fraction of sp³-hybridized carbons (Fsp3) is 0.500. The Kier molecular flexibility index (Phi) is 5.63. The van der Waals surface area contributed by atoms with Crippen LogP contribution in [0.15, 0.2) is 18.2 Å². The van der Waals surface area contributed by atoms with Crippen molar-refractivity contribution in [2.45, 2.75) is 26.7 Å². The summed E-state index contributed by atoms with van der Waals surface area (Å²) in [6, 6.07) is 4.36. The molecule has 4 nitrogen and oxygen atoms in total. The molecular formula is C14H20ClNO3. The van der Waals surface area contributed by atoms with Crippen molar-refractivity contribution >= 4 is 17.5 Å². The van der Waals surface area contributed by atoms with Crippen molar-refractivity contribution < 1.29 is 15.0 Å². The summed E-state index contributed by atoms with van der Waals surface area (Å²) in [6.45, 7) is 4.64. The molecule has 1 aromatic carbocycles. The summed E-state index contributed by atoms with van der Waals surface area (Å²) in [6.07, 6.45) is 1.51. The fourth-order valence-electron chi connectivity index (χ4n) is 1.75. The Balaban J connectivity index is 2.62. The molecule has 1 amide bonds. The molecule has 0 bridgehead atoms. The summed E-state index contributed by atoms with van der Waals surface area (Å²) < 4.78 is 0. The van der Waals surface area contributed by atoms with Crippen LogP contribution < -0.4 is 5.32 Å². The van der Waals surface area contributed by atoms with E-state index in [0.29, 0.717) is 18.0 Å². The number of phenols is 1. The number of aliphatic hydroxyl groups is 1. The predicted molar refractivity (Wildman–Crippen MR) is 75.6 cm³/mol. The van der Waals surface area contributed by atoms with E-state index in [4.69, 9.17) is 16.7 Å². The highest BCUT2D eigenvalue weighted by Gasteiger charge is 2.20. The van der Waals surface area contributed by atoms with Crippen molar-refractivity contribution in [2.75, 3.05) is 13.2 Å². The van der Waals surface area contributed by atoms with Gasteiger partial charge >= 0.3 is 0 Å². The number of carbonyl (C=O) groups excluding carboxylic acids is 1. The van der Waals surface area contributed by atoms with E-state index < -0.39 is 0 Å². The third-order valence-corrected chi connectivity index (χ3v) is 3.18. The Hall–Kier alpha value is -1.26. The van der Waals surface area contributed by atoms with E-state index >= 15 is 0 Å². The average Bonchev–Trinajstić information content (AvgIpc) is 2.36. The third-order valence-electron chi connectivity index (χ3n) is 2.94. The first kappa shape index (κ1) is 15.8. The highest BCUT2D eigenvalue weighted by Crippen LogP contribution is 2.23. The molecule has 19 heavy (non-hydrogen) atoms. The number of rotatable bonds is 6. The Morgan fingerprint density at radius 2 is 2.11 bits per heavy atom. The maximum Gasteiger partial charge on any atom is 0.255 e. The lowest BCUT2D eigenvalue weighted by Gasteiger charge is -2.24. The van der Waals surface area contributed by atoms with Gasteiger partial charge in [-0.15, -0.1) is 0 Å². The lowest BCUT2D eigenvalue weighted by Crippen LogP contribution is -2.34. The summed E-state index contributed by atoms with van der Waals surface area (Å²) in [5, 5.41) is 21.6. The predicted octanol–water partition coefficient (Wildman–Crippen LogP) is 2.57. The summed E-state index contributed by atoms with van der Waals surface area (Å²) in [5.74, 6) is -0.438. The minimum atomic E-state index is -0.350. The Morgan fingerprint density at radius 3 is 2.74 bits per heavy atom. The molecule has 1 aromatic rings. The van der Waals surface area contributed by atoms with Crippen molar-refractivity contribution in [3.05, 3.63) is 28.8 Å². The van der Waals surface area contributed by atoms with Gasteiger partial charge in [0.15, 0.2) is 0 Å². The van der Waals surface area contributed by atoms with Crippen LogP contribution in [0, 0.1) is 5.41 Å². The second-order valence-corrected chi connectivity index (χ2v) is 5.77. The van der Waals surface area contributed by atoms with Gasteiger partial charge in [-0.25, -0.2) is 0 Å². The quantitative estimate of drug-likeness (QED) is 0.752. The van der Waals surface area contributed by atoms with Gasteiger partial charge in [-0.1, -0.05) is 25.4 Å². The maximum atomic E-state index is 12.0. The zero-order chi connectivity index (χ0) is 14.5. The zero-order valence-electron chi connectivity index (χ0n) is 11.2. The van der Waals surface area contributed by atoms with Gasteiger partial charge in [-0.2, -0.15) is 0 Å². The number of hydrogen-bond acceptors (Lipinski definition) is 3. The average molecular weight is 286 g/mol. The van der Waals surface area contributed by atoms with Crippen LogP contribution in [0.3, 0.4) is 0 Å². The molecule has 0 saturated heterocycles. The molecule has 3 N–H and O–H groups in total. The van der Waals surface area contributed by atoms with E-state index in [0.717, 1.165) is 6.42 Å². The largest absolute Gasteiger partial charge is 0.507 e. The monoisotopic (exact) mass is 285 g/mol. The second kappa shape index (κ2) is 6.78. The summed E-state index contributed by atoms with van der Waals surface area (Å²) in [4.78, 5) is 12.0. The summed E-state index contributed by atoms with van der Waals surface area (Å²) in [5.41, 5.74) is 0.0671. The number of phenolic OH excluding ortho intramolecular Hbond substituents is 1. The third kappa shape index (κ3) is 5.09. The van der Waals surface area contributed by atoms with E-state index in [1.807, 2.05) is 13.8 Å². The molecular weight excluding hydrogens is 266 g/mol. The van der Waals surface area contributed by atoms with Gasteiger partial charge in [0, 0.05) is 18.2 Å². The van der Waals surface area contributed by atoms with Crippen LogP contribution in [-0.2, 0) is 0 Å². The van der Waals surface area contributed by atoms with Crippen LogP contribution in [-0.4, -0.2) is 29.3 Å². The van der Waals surface area contributed by atoms with Crippen molar-refractivity contribution in [3.63, 3.8) is 0 Å². The number of nitrogens with one attached hydrogen (secondary N) is 1. The maximum absolute atomic E-state index is 12.0. The normalized spacial score (nSPS) is 11.4. The molecule has 0 unspecified atom stereocenters. The van der Waals surface area contributed by atoms with Gasteiger partial charge in [0.05, 0.1) is 5.56 Å². The van der Waals surface area contributed by atoms with Gasteiger partial charge < -0.3 is 15.5 Å². The Morgan fingerprint density at radius 1 is 1.42 bits per heavy atom. The van der Waals surface area contributed by atoms with Crippen molar-refractivity contribution in [1.82, 2.24) is 5.32 Å². The lowest BCUT2D eigenvalue weighted by atomic mass is 9.88. The number of hydrogen-bond donors (Lipinski definition) is 3. The second-order valence-electron chi connectivity index (χ2n) is 5.34. The zero-order valence-corrected chi connectivity index (χ0v) is 12.0. The van der Waals surface area contributed by atoms with Crippen molar-refractivity contribution in [2.24, 2.45) is 5.41 Å². The van der Waals surface area contributed by atoms with Crippen molar-refractivity contribution in [1.29, 1.82) is 0 Å². The number of halogens is 1. The summed E-state index contributed by atoms with van der Waals surface area (Å²) >= 11 is 5.80. The molecule has 0 heterocycles. The molecule has 0 atom stereocenters. The lowest BCUT2D eigenvalue weighted by molar-refractivity contribution is 0.0930. The SMILES string of the molecule is CC(C)(CCCO)CNC(=O)c1cc(Cl)ccc1O. The summed E-state index contributed by atoms with van der Waals surface area (Å²) in [7, 11) is 0. The number of amides is 1. The molecule has 0 aromatic heterocycles. The molecule has 0 saturated carbocycles. The van der Waals surface area contributed by atoms with E-state index in [-0.39, 0.29) is 29.2 Å². The molecule has 0 aliphatic rings. The highest BCUT2D eigenvalue weighted by molar-refractivity contribution is 6.31. The van der Waals surface area contributed by atoms with E-state index in [1.165, 1.54) is 18.2 Å². The van der Waals surface area contributed by atoms with Crippen LogP contribution in [0.1, 0.15) is 37.0 Å². The van der Waals surface area contributed by atoms with Gasteiger partial charge in [0.2, 0.25) is 0 Å². The fourth-order valence-corrected chi connectivity index (χ4v) is 1.92. The molecule has 0 aliphatic heterocycles. The Bertz CT molecular complexity index is 446. The molecule has 0 fully saturated rings. The van der Waals surface area contributed by atoms with Crippen LogP contribution in [0.25, 0.3) is 0 Å². The number of carbonyl (C=O) groups is 1. The van der Waals surface area contributed by atoms with Crippen molar-refractivity contribution in [3.8, 4) is 5.75 Å². The minimum absolute atomic E-state index is 0.0879. The van der Waals surface area contributed by atoms with Crippen LogP contribution in [0.2, 0.25) is 5.02 Å². The smallest absolute Gasteiger partial charge is 0.255 e. The molecule has 5 heteroatoms. The number of aliphatic hydroxyl groups excluding tert-OH is 1. The molecule has 0 spiro atoms. The van der Waals surface area contributed by atoms with Crippen LogP contribution in [0.5, 0.6) is 5.75 Å². The molecule has 0 radical (unpaired) electrons. The number of benzene rings is 1. The van der Waals surface area contributed by atoms with E-state index in [9.17, 15) is 9.90 Å². The van der Waals surface area contributed by atoms with Gasteiger partial charge in [0.25, 0.3) is 5.91 Å². The first-order chi connectivity index (χ1) is 8.85. The molecule has 106 valence electrons. The minimum Gasteiger partial charge on any atom is -0.507 e. The van der Waals surface area contributed by atoms with Gasteiger partial charge in [-0.3, -0.25) is 4.79 Å². The molecule has 1 rings (SSSR count). The van der Waals surface area contributed by atoms with Crippen LogP contribution >= 0.6 is 11.6 Å². The first-order valence-corrected chi connectivity index (χ1v) is 6.61. The van der Waals surface area contributed by atoms with E-state index in [1.54, 1.807) is 0 Å². The number of aromatic hydroxyl groups is 1. The van der Waals surface area contributed by atoms with Crippen LogP contribution in [0.4, 0.5) is 0 Å². The Labute approximate surface area is 118 Å².